The summed E-state index contributed by atoms with van der Waals surface area (Å²) in [6.45, 7) is 8.18. The van der Waals surface area contributed by atoms with E-state index >= 15 is 0 Å². The Kier molecular flexibility index (Phi) is 5.86. The van der Waals surface area contributed by atoms with Gasteiger partial charge in [-0.05, 0) is 36.8 Å². The molecule has 1 heterocycles. The second-order valence-electron chi connectivity index (χ2n) is 6.09. The quantitative estimate of drug-likeness (QED) is 0.810. The van der Waals surface area contributed by atoms with Crippen LogP contribution in [0.15, 0.2) is 24.3 Å². The van der Waals surface area contributed by atoms with Crippen LogP contribution in [0.2, 0.25) is 0 Å². The zero-order valence-corrected chi connectivity index (χ0v) is 12.8. The van der Waals surface area contributed by atoms with Crippen molar-refractivity contribution in [1.82, 2.24) is 0 Å². The number of fused-ring (bicyclic) bond motifs is 1. The van der Waals surface area contributed by atoms with E-state index in [1.54, 1.807) is 0 Å². The summed E-state index contributed by atoms with van der Waals surface area (Å²) in [6.07, 6.45) is 3.37. The van der Waals surface area contributed by atoms with E-state index in [1.165, 1.54) is 11.3 Å². The van der Waals surface area contributed by atoms with Gasteiger partial charge in [0.1, 0.15) is 0 Å². The molecular weight excluding hydrogens is 248 g/mol. The molecule has 1 unspecified atom stereocenters. The van der Waals surface area contributed by atoms with Gasteiger partial charge in [-0.2, -0.15) is 0 Å². The number of rotatable bonds is 6. The first-order chi connectivity index (χ1) is 9.68. The summed E-state index contributed by atoms with van der Waals surface area (Å²) in [5, 5.41) is 0. The van der Waals surface area contributed by atoms with E-state index in [9.17, 15) is 0 Å². The Bertz CT molecular complexity index is 406. The largest absolute Gasteiger partial charge is 0.380 e. The standard InChI is InChI=1S/C17H28N2O/c1-14(2)9-12-20-13-11-19-10-5-7-16(18)15-6-3-4-8-17(15)19/h3-4,6,8,14,16H,5,7,9-13,18H2,1-2H3. The van der Waals surface area contributed by atoms with Gasteiger partial charge in [0.15, 0.2) is 0 Å². The van der Waals surface area contributed by atoms with Crippen molar-refractivity contribution < 1.29 is 4.74 Å². The first-order valence-corrected chi connectivity index (χ1v) is 7.85. The van der Waals surface area contributed by atoms with Crippen LogP contribution >= 0.6 is 0 Å². The first-order valence-electron chi connectivity index (χ1n) is 7.85. The van der Waals surface area contributed by atoms with E-state index in [0.717, 1.165) is 45.6 Å². The van der Waals surface area contributed by atoms with Crippen LogP contribution in [0.5, 0.6) is 0 Å². The van der Waals surface area contributed by atoms with Crippen LogP contribution < -0.4 is 10.6 Å². The average Bonchev–Trinajstić information content (AvgIpc) is 2.59. The van der Waals surface area contributed by atoms with Crippen molar-refractivity contribution in [1.29, 1.82) is 0 Å². The molecule has 0 fully saturated rings. The highest BCUT2D eigenvalue weighted by Crippen LogP contribution is 2.30. The molecule has 0 aromatic heterocycles. The van der Waals surface area contributed by atoms with Gasteiger partial charge < -0.3 is 15.4 Å². The molecule has 2 N–H and O–H groups in total. The molecule has 0 amide bonds. The van der Waals surface area contributed by atoms with E-state index in [1.807, 2.05) is 0 Å². The van der Waals surface area contributed by atoms with Crippen molar-refractivity contribution in [3.8, 4) is 0 Å². The maximum atomic E-state index is 6.26. The molecule has 112 valence electrons. The van der Waals surface area contributed by atoms with Crippen molar-refractivity contribution in [2.24, 2.45) is 11.7 Å². The predicted octanol–water partition coefficient (Wildman–Crippen LogP) is 3.35. The maximum absolute atomic E-state index is 6.26. The molecule has 1 aromatic carbocycles. The predicted molar refractivity (Wildman–Crippen MR) is 85.1 cm³/mol. The fourth-order valence-electron chi connectivity index (χ4n) is 2.70. The molecule has 0 saturated heterocycles. The van der Waals surface area contributed by atoms with Crippen molar-refractivity contribution in [3.63, 3.8) is 0 Å². The lowest BCUT2D eigenvalue weighted by atomic mass is 10.0. The Balaban J connectivity index is 1.89. The number of anilines is 1. The van der Waals surface area contributed by atoms with E-state index in [2.05, 4.69) is 43.0 Å². The molecule has 2 rings (SSSR count). The fourth-order valence-corrected chi connectivity index (χ4v) is 2.70. The van der Waals surface area contributed by atoms with Gasteiger partial charge in [0, 0.05) is 31.4 Å². The first kappa shape index (κ1) is 15.3. The van der Waals surface area contributed by atoms with Crippen molar-refractivity contribution in [2.75, 3.05) is 31.2 Å². The van der Waals surface area contributed by atoms with Gasteiger partial charge >= 0.3 is 0 Å². The van der Waals surface area contributed by atoms with E-state index in [-0.39, 0.29) is 6.04 Å². The molecule has 0 saturated carbocycles. The van der Waals surface area contributed by atoms with Gasteiger partial charge in [-0.3, -0.25) is 0 Å². The summed E-state index contributed by atoms with van der Waals surface area (Å²) in [5.41, 5.74) is 8.84. The zero-order chi connectivity index (χ0) is 14.4. The molecule has 1 aromatic rings. The molecule has 0 spiro atoms. The third kappa shape index (κ3) is 4.22. The van der Waals surface area contributed by atoms with Crippen LogP contribution in [0.3, 0.4) is 0 Å². The minimum absolute atomic E-state index is 0.179. The summed E-state index contributed by atoms with van der Waals surface area (Å²) in [6, 6.07) is 8.72. The Morgan fingerprint density at radius 3 is 2.90 bits per heavy atom. The van der Waals surface area contributed by atoms with Crippen LogP contribution in [0.25, 0.3) is 0 Å². The summed E-state index contributed by atoms with van der Waals surface area (Å²) >= 11 is 0. The smallest absolute Gasteiger partial charge is 0.0641 e. The number of nitrogens with zero attached hydrogens (tertiary/aromatic N) is 1. The highest BCUT2D eigenvalue weighted by molar-refractivity contribution is 5.55. The second kappa shape index (κ2) is 7.65. The van der Waals surface area contributed by atoms with Crippen LogP contribution in [-0.4, -0.2) is 26.3 Å². The van der Waals surface area contributed by atoms with Gasteiger partial charge in [0.05, 0.1) is 6.61 Å². The van der Waals surface area contributed by atoms with Gasteiger partial charge in [-0.25, -0.2) is 0 Å². The summed E-state index contributed by atoms with van der Waals surface area (Å²) in [5.74, 6) is 0.715. The number of ether oxygens (including phenoxy) is 1. The van der Waals surface area contributed by atoms with Gasteiger partial charge in [-0.15, -0.1) is 0 Å². The third-order valence-corrected chi connectivity index (χ3v) is 3.97. The number of nitrogens with two attached hydrogens (primary N) is 1. The molecule has 20 heavy (non-hydrogen) atoms. The highest BCUT2D eigenvalue weighted by Gasteiger charge is 2.19. The monoisotopic (exact) mass is 276 g/mol. The minimum Gasteiger partial charge on any atom is -0.380 e. The van der Waals surface area contributed by atoms with Gasteiger partial charge in [0.25, 0.3) is 0 Å². The Morgan fingerprint density at radius 2 is 2.10 bits per heavy atom. The lowest BCUT2D eigenvalue weighted by molar-refractivity contribution is 0.129. The number of para-hydroxylation sites is 1. The summed E-state index contributed by atoms with van der Waals surface area (Å²) < 4.78 is 5.76. The number of hydrogen-bond acceptors (Lipinski definition) is 3. The molecule has 1 aliphatic rings. The minimum atomic E-state index is 0.179. The summed E-state index contributed by atoms with van der Waals surface area (Å²) in [7, 11) is 0. The molecule has 0 aliphatic carbocycles. The average molecular weight is 276 g/mol. The van der Waals surface area contributed by atoms with Crippen molar-refractivity contribution >= 4 is 5.69 Å². The lowest BCUT2D eigenvalue weighted by Gasteiger charge is -2.25. The Labute approximate surface area is 123 Å². The maximum Gasteiger partial charge on any atom is 0.0641 e. The summed E-state index contributed by atoms with van der Waals surface area (Å²) in [4.78, 5) is 2.43. The Hall–Kier alpha value is -1.06. The SMILES string of the molecule is CC(C)CCOCCN1CCCC(N)c2ccccc21. The van der Waals surface area contributed by atoms with Crippen molar-refractivity contribution in [2.45, 2.75) is 39.2 Å². The Morgan fingerprint density at radius 1 is 1.30 bits per heavy atom. The van der Waals surface area contributed by atoms with Crippen molar-refractivity contribution in [3.05, 3.63) is 29.8 Å². The molecule has 0 bridgehead atoms. The van der Waals surface area contributed by atoms with Crippen LogP contribution in [-0.2, 0) is 4.74 Å². The topological polar surface area (TPSA) is 38.5 Å². The normalized spacial score (nSPS) is 19.0. The highest BCUT2D eigenvalue weighted by atomic mass is 16.5. The molecular formula is C17H28N2O. The van der Waals surface area contributed by atoms with E-state index in [4.69, 9.17) is 10.5 Å². The molecule has 3 nitrogen and oxygen atoms in total. The van der Waals surface area contributed by atoms with Crippen LogP contribution in [0.1, 0.15) is 44.7 Å². The van der Waals surface area contributed by atoms with E-state index < -0.39 is 0 Å². The third-order valence-electron chi connectivity index (χ3n) is 3.97. The fraction of sp³-hybridized carbons (Fsp3) is 0.647. The van der Waals surface area contributed by atoms with Gasteiger partial charge in [-0.1, -0.05) is 32.0 Å². The molecule has 0 radical (unpaired) electrons. The van der Waals surface area contributed by atoms with Crippen LogP contribution in [0, 0.1) is 5.92 Å². The van der Waals surface area contributed by atoms with Crippen LogP contribution in [0.4, 0.5) is 5.69 Å². The molecule has 3 heteroatoms. The zero-order valence-electron chi connectivity index (χ0n) is 12.8. The second-order valence-corrected chi connectivity index (χ2v) is 6.09. The number of benzene rings is 1. The van der Waals surface area contributed by atoms with E-state index in [0.29, 0.717) is 5.92 Å². The van der Waals surface area contributed by atoms with Gasteiger partial charge in [0.2, 0.25) is 0 Å². The lowest BCUT2D eigenvalue weighted by Crippen LogP contribution is -2.28. The molecule has 1 atom stereocenters. The number of hydrogen-bond donors (Lipinski definition) is 1. The molecule has 1 aliphatic heterocycles.